The van der Waals surface area contributed by atoms with Crippen molar-refractivity contribution in [3.63, 3.8) is 0 Å². The van der Waals surface area contributed by atoms with Crippen LogP contribution in [0.2, 0.25) is 0 Å². The molecule has 2 nitrogen and oxygen atoms in total. The lowest BCUT2D eigenvalue weighted by Gasteiger charge is -2.28. The van der Waals surface area contributed by atoms with Crippen molar-refractivity contribution in [2.24, 2.45) is 0 Å². The predicted octanol–water partition coefficient (Wildman–Crippen LogP) is 4.98. The van der Waals surface area contributed by atoms with Gasteiger partial charge in [-0.2, -0.15) is 5.26 Å². The van der Waals surface area contributed by atoms with Gasteiger partial charge in [-0.25, -0.2) is 0 Å². The van der Waals surface area contributed by atoms with E-state index in [1.165, 1.54) is 0 Å². The highest BCUT2D eigenvalue weighted by molar-refractivity contribution is 5.51. The Kier molecular flexibility index (Phi) is 4.63. The van der Waals surface area contributed by atoms with E-state index in [1.807, 2.05) is 12.1 Å². The van der Waals surface area contributed by atoms with Gasteiger partial charge < -0.3 is 4.74 Å². The highest BCUT2D eigenvalue weighted by Crippen LogP contribution is 2.37. The number of ether oxygens (including phenoxy) is 1. The molecule has 0 aromatic heterocycles. The summed E-state index contributed by atoms with van der Waals surface area (Å²) in [5.74, 6) is 1.63. The first-order valence-electron chi connectivity index (χ1n) is 6.92. The summed E-state index contributed by atoms with van der Waals surface area (Å²) in [5, 5.41) is 9.18. The van der Waals surface area contributed by atoms with Crippen LogP contribution >= 0.6 is 0 Å². The number of benzene rings is 1. The van der Waals surface area contributed by atoms with Crippen LogP contribution in [0.1, 0.15) is 77.0 Å². The lowest BCUT2D eigenvalue weighted by molar-refractivity contribution is 0.127. The summed E-state index contributed by atoms with van der Waals surface area (Å²) in [5.41, 5.74) is 2.73. The highest BCUT2D eigenvalue weighted by atomic mass is 16.5. The van der Waals surface area contributed by atoms with Crippen molar-refractivity contribution in [1.29, 1.82) is 5.26 Å². The van der Waals surface area contributed by atoms with Crippen molar-refractivity contribution < 1.29 is 4.74 Å². The molecule has 0 fully saturated rings. The molecule has 19 heavy (non-hydrogen) atoms. The van der Waals surface area contributed by atoms with Gasteiger partial charge in [0.05, 0.1) is 11.6 Å². The van der Waals surface area contributed by atoms with Crippen LogP contribution in [0.4, 0.5) is 0 Å². The number of nitriles is 1. The minimum Gasteiger partial charge on any atom is -0.488 e. The first-order chi connectivity index (χ1) is 8.65. The number of hydrogen-bond donors (Lipinski definition) is 0. The van der Waals surface area contributed by atoms with Crippen molar-refractivity contribution in [3.05, 3.63) is 28.8 Å². The minimum absolute atomic E-state index is 0.235. The summed E-state index contributed by atoms with van der Waals surface area (Å²) in [4.78, 5) is 0. The smallest absolute Gasteiger partial charge is 0.127 e. The molecule has 0 aliphatic heterocycles. The molecule has 1 aromatic carbocycles. The molecule has 0 aliphatic carbocycles. The maximum absolute atomic E-state index is 9.18. The third kappa shape index (κ3) is 3.99. The second-order valence-corrected chi connectivity index (χ2v) is 6.62. The van der Waals surface area contributed by atoms with Crippen LogP contribution in [-0.4, -0.2) is 5.60 Å². The van der Waals surface area contributed by atoms with Crippen molar-refractivity contribution in [1.82, 2.24) is 0 Å². The average molecular weight is 259 g/mol. The zero-order valence-corrected chi connectivity index (χ0v) is 13.2. The molecule has 2 heteroatoms. The first kappa shape index (κ1) is 15.6. The van der Waals surface area contributed by atoms with E-state index in [0.29, 0.717) is 17.4 Å². The maximum Gasteiger partial charge on any atom is 0.127 e. The number of rotatable bonds is 3. The fourth-order valence-electron chi connectivity index (χ4n) is 2.02. The van der Waals surface area contributed by atoms with Gasteiger partial charge in [-0.1, -0.05) is 27.7 Å². The Labute approximate surface area is 117 Å². The SMILES string of the molecule is CC(C)c1cc(C#N)cc(C(C)C)c1OC(C)(C)C. The van der Waals surface area contributed by atoms with Gasteiger partial charge in [-0.3, -0.25) is 0 Å². The summed E-state index contributed by atoms with van der Waals surface area (Å²) < 4.78 is 6.18. The second kappa shape index (κ2) is 5.65. The first-order valence-corrected chi connectivity index (χ1v) is 6.92. The van der Waals surface area contributed by atoms with Crippen molar-refractivity contribution >= 4 is 0 Å². The van der Waals surface area contributed by atoms with Gasteiger partial charge in [0, 0.05) is 0 Å². The van der Waals surface area contributed by atoms with Crippen molar-refractivity contribution in [2.75, 3.05) is 0 Å². The monoisotopic (exact) mass is 259 g/mol. The lowest BCUT2D eigenvalue weighted by Crippen LogP contribution is -2.25. The Morgan fingerprint density at radius 3 is 1.68 bits per heavy atom. The molecular formula is C17H25NO. The summed E-state index contributed by atoms with van der Waals surface area (Å²) >= 11 is 0. The molecular weight excluding hydrogens is 234 g/mol. The lowest BCUT2D eigenvalue weighted by atomic mass is 9.91. The van der Waals surface area contributed by atoms with E-state index < -0.39 is 0 Å². The van der Waals surface area contributed by atoms with Gasteiger partial charge >= 0.3 is 0 Å². The van der Waals surface area contributed by atoms with Gasteiger partial charge in [0.15, 0.2) is 0 Å². The molecule has 0 saturated heterocycles. The molecule has 0 amide bonds. The number of hydrogen-bond acceptors (Lipinski definition) is 2. The topological polar surface area (TPSA) is 33.0 Å². The molecule has 0 spiro atoms. The second-order valence-electron chi connectivity index (χ2n) is 6.62. The van der Waals surface area contributed by atoms with Gasteiger partial charge in [0.25, 0.3) is 0 Å². The van der Waals surface area contributed by atoms with E-state index in [9.17, 15) is 5.26 Å². The third-order valence-corrected chi connectivity index (χ3v) is 2.93. The maximum atomic E-state index is 9.18. The molecule has 0 bridgehead atoms. The molecule has 0 saturated carbocycles. The minimum atomic E-state index is -0.235. The van der Waals surface area contributed by atoms with E-state index in [4.69, 9.17) is 4.74 Å². The fraction of sp³-hybridized carbons (Fsp3) is 0.588. The van der Waals surface area contributed by atoms with E-state index in [1.54, 1.807) is 0 Å². The third-order valence-electron chi connectivity index (χ3n) is 2.93. The van der Waals surface area contributed by atoms with Gasteiger partial charge in [-0.05, 0) is 55.9 Å². The van der Waals surface area contributed by atoms with Crippen LogP contribution in [0.15, 0.2) is 12.1 Å². The van der Waals surface area contributed by atoms with E-state index in [-0.39, 0.29) is 5.60 Å². The van der Waals surface area contributed by atoms with Gasteiger partial charge in [0.2, 0.25) is 0 Å². The Morgan fingerprint density at radius 2 is 1.42 bits per heavy atom. The van der Waals surface area contributed by atoms with Crippen LogP contribution in [0.5, 0.6) is 5.75 Å². The standard InChI is InChI=1S/C17H25NO/c1-11(2)14-8-13(10-18)9-15(12(3)4)16(14)19-17(5,6)7/h8-9,11-12H,1-7H3. The predicted molar refractivity (Wildman–Crippen MR) is 79.7 cm³/mol. The highest BCUT2D eigenvalue weighted by Gasteiger charge is 2.22. The van der Waals surface area contributed by atoms with Gasteiger partial charge in [-0.15, -0.1) is 0 Å². The fourth-order valence-corrected chi connectivity index (χ4v) is 2.02. The summed E-state index contributed by atoms with van der Waals surface area (Å²) in [7, 11) is 0. The van der Waals surface area contributed by atoms with Crippen LogP contribution in [0, 0.1) is 11.3 Å². The Hall–Kier alpha value is -1.49. The zero-order chi connectivity index (χ0) is 14.8. The Balaban J connectivity index is 3.50. The Morgan fingerprint density at radius 1 is 1.00 bits per heavy atom. The van der Waals surface area contributed by atoms with Crippen LogP contribution in [-0.2, 0) is 0 Å². The van der Waals surface area contributed by atoms with Crippen molar-refractivity contribution in [2.45, 2.75) is 65.9 Å². The largest absolute Gasteiger partial charge is 0.488 e. The molecule has 0 unspecified atom stereocenters. The molecule has 1 rings (SSSR count). The van der Waals surface area contributed by atoms with E-state index in [2.05, 4.69) is 54.5 Å². The molecule has 104 valence electrons. The quantitative estimate of drug-likeness (QED) is 0.766. The van der Waals surface area contributed by atoms with E-state index >= 15 is 0 Å². The normalized spacial score (nSPS) is 11.8. The van der Waals surface area contributed by atoms with Gasteiger partial charge in [0.1, 0.15) is 11.4 Å². The average Bonchev–Trinajstić information content (AvgIpc) is 2.26. The summed E-state index contributed by atoms with van der Waals surface area (Å²) in [6.45, 7) is 14.7. The van der Waals surface area contributed by atoms with Crippen LogP contribution in [0.25, 0.3) is 0 Å². The molecule has 0 aliphatic rings. The molecule has 0 radical (unpaired) electrons. The molecule has 1 aromatic rings. The van der Waals surface area contributed by atoms with Crippen molar-refractivity contribution in [3.8, 4) is 11.8 Å². The molecule has 0 N–H and O–H groups in total. The summed E-state index contributed by atoms with van der Waals surface area (Å²) in [6.07, 6.45) is 0. The molecule has 0 heterocycles. The Bertz CT molecular complexity index is 458. The van der Waals surface area contributed by atoms with Crippen LogP contribution in [0.3, 0.4) is 0 Å². The van der Waals surface area contributed by atoms with E-state index in [0.717, 1.165) is 16.9 Å². The zero-order valence-electron chi connectivity index (χ0n) is 13.2. The number of nitrogens with zero attached hydrogens (tertiary/aromatic N) is 1. The molecule has 0 atom stereocenters. The summed E-state index contributed by atoms with van der Waals surface area (Å²) in [6, 6.07) is 6.16. The van der Waals surface area contributed by atoms with Crippen LogP contribution < -0.4 is 4.74 Å².